The first kappa shape index (κ1) is 12.7. The normalized spacial score (nSPS) is 17.0. The summed E-state index contributed by atoms with van der Waals surface area (Å²) in [5.41, 5.74) is 2.04. The number of fused-ring (bicyclic) bond motifs is 1. The summed E-state index contributed by atoms with van der Waals surface area (Å²) in [4.78, 5) is 8.54. The highest BCUT2D eigenvalue weighted by atomic mass is 16.5. The monoisotopic (exact) mass is 271 g/mol. The molecule has 104 valence electrons. The number of aryl methyl sites for hydroxylation is 1. The van der Waals surface area contributed by atoms with E-state index >= 15 is 0 Å². The quantitative estimate of drug-likeness (QED) is 0.927. The van der Waals surface area contributed by atoms with Crippen molar-refractivity contribution in [2.75, 3.05) is 19.0 Å². The highest BCUT2D eigenvalue weighted by Gasteiger charge is 2.22. The number of nitrogens with one attached hydrogen (secondary N) is 1. The molecule has 0 aliphatic carbocycles. The first-order valence-electron chi connectivity index (χ1n) is 6.60. The second kappa shape index (κ2) is 5.36. The fraction of sp³-hybridized carbons (Fsp3) is 0.333. The van der Waals surface area contributed by atoms with Crippen LogP contribution >= 0.6 is 0 Å². The molecule has 1 aromatic heterocycles. The molecule has 0 fully saturated rings. The molecule has 1 aliphatic heterocycles. The van der Waals surface area contributed by atoms with Crippen LogP contribution in [0.3, 0.4) is 0 Å². The molecule has 5 nitrogen and oxygen atoms in total. The lowest BCUT2D eigenvalue weighted by Gasteiger charge is -2.27. The largest absolute Gasteiger partial charge is 0.493 e. The lowest BCUT2D eigenvalue weighted by Crippen LogP contribution is -2.33. The van der Waals surface area contributed by atoms with E-state index in [4.69, 9.17) is 9.47 Å². The summed E-state index contributed by atoms with van der Waals surface area (Å²) in [6.07, 6.45) is 4.35. The van der Waals surface area contributed by atoms with E-state index < -0.39 is 0 Å². The van der Waals surface area contributed by atoms with Gasteiger partial charge in [0.25, 0.3) is 0 Å². The Labute approximate surface area is 118 Å². The van der Waals surface area contributed by atoms with Gasteiger partial charge >= 0.3 is 0 Å². The minimum Gasteiger partial charge on any atom is -0.493 e. The van der Waals surface area contributed by atoms with Crippen LogP contribution < -0.4 is 14.8 Å². The van der Waals surface area contributed by atoms with Crippen molar-refractivity contribution in [1.29, 1.82) is 0 Å². The number of aromatic nitrogens is 2. The Hall–Kier alpha value is -2.30. The first-order chi connectivity index (χ1) is 9.76. The second-order valence-corrected chi connectivity index (χ2v) is 4.85. The Morgan fingerprint density at radius 2 is 2.25 bits per heavy atom. The number of rotatable bonds is 3. The molecule has 0 saturated carbocycles. The predicted octanol–water partition coefficient (Wildman–Crippen LogP) is 2.21. The minimum absolute atomic E-state index is 0.186. The summed E-state index contributed by atoms with van der Waals surface area (Å²) in [6, 6.07) is 6.15. The Kier molecular flexibility index (Phi) is 3.41. The third-order valence-corrected chi connectivity index (χ3v) is 3.28. The van der Waals surface area contributed by atoms with Gasteiger partial charge in [0, 0.05) is 11.8 Å². The van der Waals surface area contributed by atoms with E-state index in [1.54, 1.807) is 19.5 Å². The van der Waals surface area contributed by atoms with Gasteiger partial charge < -0.3 is 14.8 Å². The van der Waals surface area contributed by atoms with E-state index in [2.05, 4.69) is 21.4 Å². The van der Waals surface area contributed by atoms with Crippen LogP contribution in [0.15, 0.2) is 30.6 Å². The molecule has 2 heterocycles. The maximum atomic E-state index is 5.82. The van der Waals surface area contributed by atoms with Crippen molar-refractivity contribution < 1.29 is 9.47 Å². The van der Waals surface area contributed by atoms with Crippen LogP contribution in [0.2, 0.25) is 0 Å². The van der Waals surface area contributed by atoms with Crippen LogP contribution in [0.4, 0.5) is 5.82 Å². The Morgan fingerprint density at radius 1 is 1.35 bits per heavy atom. The van der Waals surface area contributed by atoms with E-state index in [9.17, 15) is 0 Å². The fourth-order valence-electron chi connectivity index (χ4n) is 2.39. The number of methoxy groups -OCH3 is 1. The zero-order valence-electron chi connectivity index (χ0n) is 11.6. The van der Waals surface area contributed by atoms with Crippen LogP contribution in [-0.2, 0) is 6.42 Å². The molecule has 1 aromatic carbocycles. The molecule has 20 heavy (non-hydrogen) atoms. The summed E-state index contributed by atoms with van der Waals surface area (Å²) in [7, 11) is 1.66. The minimum atomic E-state index is 0.186. The highest BCUT2D eigenvalue weighted by Crippen LogP contribution is 2.34. The van der Waals surface area contributed by atoms with Crippen molar-refractivity contribution >= 4 is 5.82 Å². The van der Waals surface area contributed by atoms with Gasteiger partial charge in [-0.25, -0.2) is 4.98 Å². The maximum absolute atomic E-state index is 5.82. The SMILES string of the molecule is COc1cccc2c1OCC(Nc1cncc(C)n1)C2. The number of benzene rings is 1. The standard InChI is InChI=1S/C15H17N3O2/c1-10-7-16-8-14(17-10)18-12-6-11-4-3-5-13(19-2)15(11)20-9-12/h3-5,7-8,12H,6,9H2,1-2H3,(H,17,18). The molecule has 5 heteroatoms. The first-order valence-corrected chi connectivity index (χ1v) is 6.60. The lowest BCUT2D eigenvalue weighted by molar-refractivity contribution is 0.256. The van der Waals surface area contributed by atoms with Crippen molar-refractivity contribution in [2.45, 2.75) is 19.4 Å². The van der Waals surface area contributed by atoms with Gasteiger partial charge in [-0.1, -0.05) is 12.1 Å². The summed E-state index contributed by atoms with van der Waals surface area (Å²) >= 11 is 0. The topological polar surface area (TPSA) is 56.3 Å². The Morgan fingerprint density at radius 3 is 3.05 bits per heavy atom. The summed E-state index contributed by atoms with van der Waals surface area (Å²) in [6.45, 7) is 2.51. The number of anilines is 1. The van der Waals surface area contributed by atoms with Gasteiger partial charge in [-0.2, -0.15) is 0 Å². The van der Waals surface area contributed by atoms with Gasteiger partial charge in [-0.15, -0.1) is 0 Å². The molecule has 0 spiro atoms. The summed E-state index contributed by atoms with van der Waals surface area (Å²) in [5.74, 6) is 2.42. The van der Waals surface area contributed by atoms with Crippen molar-refractivity contribution in [1.82, 2.24) is 9.97 Å². The zero-order valence-corrected chi connectivity index (χ0v) is 11.6. The molecule has 0 bridgehead atoms. The Bertz CT molecular complexity index is 616. The van der Waals surface area contributed by atoms with E-state index in [-0.39, 0.29) is 6.04 Å². The fourth-order valence-corrected chi connectivity index (χ4v) is 2.39. The molecule has 3 rings (SSSR count). The van der Waals surface area contributed by atoms with Crippen LogP contribution in [0, 0.1) is 6.92 Å². The molecule has 1 atom stereocenters. The van der Waals surface area contributed by atoms with Gasteiger partial charge in [0.05, 0.1) is 25.0 Å². The molecule has 0 amide bonds. The number of para-hydroxylation sites is 1. The van der Waals surface area contributed by atoms with Crippen LogP contribution in [0.25, 0.3) is 0 Å². The third kappa shape index (κ3) is 2.52. The molecule has 0 radical (unpaired) electrons. The van der Waals surface area contributed by atoms with Crippen molar-refractivity contribution in [3.05, 3.63) is 41.9 Å². The number of ether oxygens (including phenoxy) is 2. The summed E-state index contributed by atoms with van der Waals surface area (Å²) < 4.78 is 11.1. The van der Waals surface area contributed by atoms with Gasteiger partial charge in [0.15, 0.2) is 11.5 Å². The molecule has 2 aromatic rings. The van der Waals surface area contributed by atoms with E-state index in [1.807, 2.05) is 19.1 Å². The molecule has 0 saturated heterocycles. The smallest absolute Gasteiger partial charge is 0.164 e. The average molecular weight is 271 g/mol. The van der Waals surface area contributed by atoms with E-state index in [0.717, 1.165) is 35.0 Å². The van der Waals surface area contributed by atoms with Crippen LogP contribution in [0.1, 0.15) is 11.3 Å². The molecular formula is C15H17N3O2. The predicted molar refractivity (Wildman–Crippen MR) is 76.4 cm³/mol. The average Bonchev–Trinajstić information content (AvgIpc) is 2.46. The molecule has 1 N–H and O–H groups in total. The number of hydrogen-bond donors (Lipinski definition) is 1. The molecule has 1 aliphatic rings. The lowest BCUT2D eigenvalue weighted by atomic mass is 10.0. The van der Waals surface area contributed by atoms with Crippen LogP contribution in [0.5, 0.6) is 11.5 Å². The Balaban J connectivity index is 1.76. The van der Waals surface area contributed by atoms with Crippen LogP contribution in [-0.4, -0.2) is 29.7 Å². The summed E-state index contributed by atoms with van der Waals surface area (Å²) in [5, 5.41) is 3.36. The number of nitrogens with zero attached hydrogens (tertiary/aromatic N) is 2. The third-order valence-electron chi connectivity index (χ3n) is 3.28. The van der Waals surface area contributed by atoms with Gasteiger partial charge in [-0.05, 0) is 19.4 Å². The zero-order chi connectivity index (χ0) is 13.9. The molecular weight excluding hydrogens is 254 g/mol. The van der Waals surface area contributed by atoms with E-state index in [0.29, 0.717) is 6.61 Å². The highest BCUT2D eigenvalue weighted by molar-refractivity contribution is 5.49. The van der Waals surface area contributed by atoms with Gasteiger partial charge in [-0.3, -0.25) is 4.98 Å². The maximum Gasteiger partial charge on any atom is 0.164 e. The molecule has 1 unspecified atom stereocenters. The van der Waals surface area contributed by atoms with Gasteiger partial charge in [0.2, 0.25) is 0 Å². The number of hydrogen-bond acceptors (Lipinski definition) is 5. The van der Waals surface area contributed by atoms with Crippen molar-refractivity contribution in [3.63, 3.8) is 0 Å². The second-order valence-electron chi connectivity index (χ2n) is 4.85. The van der Waals surface area contributed by atoms with Crippen molar-refractivity contribution in [3.8, 4) is 11.5 Å². The van der Waals surface area contributed by atoms with Crippen molar-refractivity contribution in [2.24, 2.45) is 0 Å². The van der Waals surface area contributed by atoms with E-state index in [1.165, 1.54) is 0 Å². The van der Waals surface area contributed by atoms with Gasteiger partial charge in [0.1, 0.15) is 12.4 Å².